The molecule has 0 saturated heterocycles. The van der Waals surface area contributed by atoms with Gasteiger partial charge in [-0.3, -0.25) is 0 Å². The molecule has 1 aliphatic carbocycles. The quantitative estimate of drug-likeness (QED) is 0.153. The van der Waals surface area contributed by atoms with Crippen molar-refractivity contribution in [3.8, 4) is 44.8 Å². The smallest absolute Gasteiger partial charge is 0.198 e. The molecule has 0 bridgehead atoms. The van der Waals surface area contributed by atoms with E-state index in [4.69, 9.17) is 0 Å². The lowest BCUT2D eigenvalue weighted by Crippen LogP contribution is -2.55. The van der Waals surface area contributed by atoms with E-state index in [1.807, 2.05) is 0 Å². The Bertz CT molecular complexity index is 5130. The molecule has 6 aromatic heterocycles. The summed E-state index contributed by atoms with van der Waals surface area (Å²) in [6, 6.07) is 80.7. The lowest BCUT2D eigenvalue weighted by molar-refractivity contribution is -0.687. The molecule has 1 spiro atoms. The summed E-state index contributed by atoms with van der Waals surface area (Å²) in [5, 5.41) is 10.9. The van der Waals surface area contributed by atoms with Crippen molar-refractivity contribution < 1.29 is 17.2 Å². The first-order chi connectivity index (χ1) is 40.9. The average Bonchev–Trinajstić information content (AvgIpc) is 1.50. The van der Waals surface area contributed by atoms with Gasteiger partial charge in [0.25, 0.3) is 0 Å². The van der Waals surface area contributed by atoms with E-state index in [9.17, 15) is 0 Å². The standard InChI is InChI=1S/C78H66N4P2/c1-8-48-43-50(72-58-23-11-12-24-59(58)73-60(39-42-79-40-17-15-26-67(73)79)62(72)45-51-44-49-21-9-10-22-55(49)74-68-27-16-18-41-80(68)83-75(51)74)33-36-54(48)65-28-19-31-70-78(71-32-20-29-66-61-25-13-14-30-69(61)84(81(65)70)82(66)71)63-46-52(76(2,3)4)34-37-56(63)57-38-35-53(47-64(57)78)77(5,6)7/h9-38,40-41,43-44,46-47,83H,8,39,42,45H2,1-7H3/q+4. The Morgan fingerprint density at radius 1 is 0.524 bits per heavy atom. The monoisotopic (exact) mass is 1120 g/mol. The molecule has 6 heteroatoms. The lowest BCUT2D eigenvalue weighted by atomic mass is 9.70. The first kappa shape index (κ1) is 50.0. The maximum absolute atomic E-state index is 2.85. The van der Waals surface area contributed by atoms with Gasteiger partial charge in [0.1, 0.15) is 13.5 Å². The Hall–Kier alpha value is -8.52. The Morgan fingerprint density at radius 2 is 1.15 bits per heavy atom. The summed E-state index contributed by atoms with van der Waals surface area (Å²) in [6.45, 7) is 17.5. The Kier molecular flexibility index (Phi) is 10.7. The number of hydrogen-bond acceptors (Lipinski definition) is 0. The molecule has 8 heterocycles. The van der Waals surface area contributed by atoms with Gasteiger partial charge in [0.2, 0.25) is 33.8 Å². The van der Waals surface area contributed by atoms with Crippen LogP contribution in [0.5, 0.6) is 0 Å². The van der Waals surface area contributed by atoms with Crippen LogP contribution in [-0.4, -0.2) is 0 Å². The number of aromatic nitrogens is 4. The highest BCUT2D eigenvalue weighted by molar-refractivity contribution is 7.42. The second-order valence-electron chi connectivity index (χ2n) is 26.1. The van der Waals surface area contributed by atoms with Gasteiger partial charge in [-0.2, -0.15) is 8.73 Å². The van der Waals surface area contributed by atoms with Crippen LogP contribution in [0.2, 0.25) is 0 Å². The zero-order valence-electron chi connectivity index (χ0n) is 48.8. The number of aryl methyl sites for hydroxylation is 2. The summed E-state index contributed by atoms with van der Waals surface area (Å²) >= 11 is 0. The lowest BCUT2D eigenvalue weighted by Gasteiger charge is -2.31. The number of rotatable bonds is 5. The molecule has 4 nitrogen and oxygen atoms in total. The highest BCUT2D eigenvalue weighted by atomic mass is 31.1. The van der Waals surface area contributed by atoms with Gasteiger partial charge < -0.3 is 0 Å². The first-order valence-corrected chi connectivity index (χ1v) is 32.4. The van der Waals surface area contributed by atoms with Crippen molar-refractivity contribution in [2.24, 2.45) is 0 Å². The van der Waals surface area contributed by atoms with E-state index in [1.54, 1.807) is 0 Å². The molecule has 0 amide bonds. The van der Waals surface area contributed by atoms with Crippen LogP contribution in [0.15, 0.2) is 219 Å². The average molecular weight is 1120 g/mol. The highest BCUT2D eigenvalue weighted by Crippen LogP contribution is 2.59. The molecule has 404 valence electrons. The van der Waals surface area contributed by atoms with Crippen molar-refractivity contribution in [2.45, 2.75) is 90.5 Å². The van der Waals surface area contributed by atoms with Crippen LogP contribution in [0, 0.1) is 0 Å². The van der Waals surface area contributed by atoms with E-state index in [-0.39, 0.29) is 10.8 Å². The summed E-state index contributed by atoms with van der Waals surface area (Å²) in [5.74, 6) is 0. The first-order valence-electron chi connectivity index (χ1n) is 30.2. The summed E-state index contributed by atoms with van der Waals surface area (Å²) in [4.78, 5) is 0. The van der Waals surface area contributed by atoms with Crippen LogP contribution in [-0.2, 0) is 42.1 Å². The SMILES string of the molecule is CCc1cc(-c2c(Cc3cc4ccccc4c4c3[pH][n+]3ccccc43)c3c(c4ccccc24)-c2cccc[n+]2CC3)ccc1-c1cccc2[n+]1-p1c3ccccc3c3cccc([n+]31)C21c2cc(C(C)(C)C)ccc2-c2ccc(C(C)(C)C)cc21. The number of hydrogen-bond donors (Lipinski definition) is 0. The Labute approximate surface area is 493 Å². The molecule has 0 radical (unpaired) electrons. The fourth-order valence-electron chi connectivity index (χ4n) is 15.6. The molecule has 84 heavy (non-hydrogen) atoms. The van der Waals surface area contributed by atoms with Gasteiger partial charge >= 0.3 is 7.84 Å². The van der Waals surface area contributed by atoms with Crippen molar-refractivity contribution in [2.75, 3.05) is 0 Å². The van der Waals surface area contributed by atoms with E-state index in [1.165, 1.54) is 154 Å². The van der Waals surface area contributed by atoms with Gasteiger partial charge in [0.15, 0.2) is 24.4 Å². The molecule has 0 fully saturated rings. The largest absolute Gasteiger partial charge is 0.448 e. The van der Waals surface area contributed by atoms with Crippen LogP contribution in [0.1, 0.15) is 104 Å². The molecule has 2 aliphatic heterocycles. The van der Waals surface area contributed by atoms with E-state index in [0.717, 1.165) is 25.8 Å². The topological polar surface area (TPSA) is 16.0 Å². The van der Waals surface area contributed by atoms with E-state index in [0.29, 0.717) is 8.35 Å². The summed E-state index contributed by atoms with van der Waals surface area (Å²) in [6.07, 6.45) is 7.25. The summed E-state index contributed by atoms with van der Waals surface area (Å²) < 4.78 is 10.6. The van der Waals surface area contributed by atoms with Crippen LogP contribution < -0.4 is 17.2 Å². The predicted molar refractivity (Wildman–Crippen MR) is 350 cm³/mol. The molecule has 2 atom stereocenters. The third-order valence-corrected chi connectivity index (χ3v) is 23.3. The normalized spacial score (nSPS) is 14.3. The summed E-state index contributed by atoms with van der Waals surface area (Å²) in [7, 11) is -0.573. The van der Waals surface area contributed by atoms with Gasteiger partial charge in [0.05, 0.1) is 27.0 Å². The minimum Gasteiger partial charge on any atom is -0.198 e. The molecule has 8 aromatic carbocycles. The van der Waals surface area contributed by atoms with Crippen LogP contribution in [0.3, 0.4) is 0 Å². The molecule has 0 saturated carbocycles. The zero-order chi connectivity index (χ0) is 56.5. The third kappa shape index (κ3) is 6.90. The van der Waals surface area contributed by atoms with Gasteiger partial charge in [-0.05, 0) is 161 Å². The van der Waals surface area contributed by atoms with Crippen molar-refractivity contribution in [1.29, 1.82) is 0 Å². The molecule has 2 unspecified atom stereocenters. The highest BCUT2D eigenvalue weighted by Gasteiger charge is 2.62. The third-order valence-electron chi connectivity index (χ3n) is 19.5. The summed E-state index contributed by atoms with van der Waals surface area (Å²) in [5.41, 5.74) is 26.4. The van der Waals surface area contributed by atoms with Gasteiger partial charge in [-0.1, -0.05) is 166 Å². The van der Waals surface area contributed by atoms with Crippen molar-refractivity contribution in [3.63, 3.8) is 0 Å². The number of pyridine rings is 4. The second-order valence-corrected chi connectivity index (χ2v) is 29.1. The minimum absolute atomic E-state index is 0.0477. The van der Waals surface area contributed by atoms with Gasteiger partial charge in [-0.15, -0.1) is 0 Å². The van der Waals surface area contributed by atoms with Crippen LogP contribution in [0.25, 0.3) is 98.4 Å². The second kappa shape index (κ2) is 18.0. The van der Waals surface area contributed by atoms with Crippen molar-refractivity contribution in [3.05, 3.63) is 275 Å². The van der Waals surface area contributed by atoms with Crippen molar-refractivity contribution >= 4 is 69.8 Å². The molecule has 17 rings (SSSR count). The van der Waals surface area contributed by atoms with E-state index in [2.05, 4.69) is 284 Å². The minimum atomic E-state index is -1.11. The van der Waals surface area contributed by atoms with Crippen LogP contribution >= 0.6 is 16.2 Å². The zero-order valence-corrected chi connectivity index (χ0v) is 50.7. The Morgan fingerprint density at radius 3 is 1.92 bits per heavy atom. The maximum atomic E-state index is 2.85. The van der Waals surface area contributed by atoms with Crippen molar-refractivity contribution in [1.82, 2.24) is 0 Å². The van der Waals surface area contributed by atoms with Gasteiger partial charge in [-0.25, -0.2) is 0 Å². The van der Waals surface area contributed by atoms with Crippen LogP contribution in [0.4, 0.5) is 0 Å². The van der Waals surface area contributed by atoms with Gasteiger partial charge in [0, 0.05) is 55.0 Å². The predicted octanol–water partition coefficient (Wildman–Crippen LogP) is 17.7. The molecular formula is C78H66N4P2+4. The molecule has 3 aliphatic rings. The number of nitrogens with zero attached hydrogens (tertiary/aromatic N) is 4. The molecule has 0 N–H and O–H groups in total. The number of benzene rings is 8. The maximum Gasteiger partial charge on any atom is 0.448 e. The fourth-order valence-corrected chi connectivity index (χ4v) is 19.8. The molecular weight excluding hydrogens is 1050 g/mol. The Balaban J connectivity index is 0.948. The fraction of sp³-hybridized carbons (Fsp3) is 0.179. The van der Waals surface area contributed by atoms with E-state index >= 15 is 0 Å². The molecule has 14 aromatic rings. The number of fused-ring (bicyclic) bond motifs is 22. The van der Waals surface area contributed by atoms with E-state index < -0.39 is 13.3 Å².